The second-order valence-electron chi connectivity index (χ2n) is 6.11. The molecule has 2 aromatic rings. The highest BCUT2D eigenvalue weighted by Crippen LogP contribution is 2.22. The van der Waals surface area contributed by atoms with Gasteiger partial charge in [-0.05, 0) is 16.6 Å². The molecule has 20 heavy (non-hydrogen) atoms. The molecule has 0 aromatic heterocycles. The minimum absolute atomic E-state index is 0.105. The Morgan fingerprint density at radius 1 is 0.850 bits per heavy atom. The van der Waals surface area contributed by atoms with Crippen LogP contribution in [-0.4, -0.2) is 20.3 Å². The molecule has 2 nitrogen and oxygen atoms in total. The fourth-order valence-corrected chi connectivity index (χ4v) is 2.38. The summed E-state index contributed by atoms with van der Waals surface area (Å²) in [7, 11) is -0.244. The molecule has 0 amide bonds. The number of hydrogen-bond donors (Lipinski definition) is 0. The quantitative estimate of drug-likeness (QED) is 0.777. The Kier molecular flexibility index (Phi) is 3.64. The van der Waals surface area contributed by atoms with Crippen molar-refractivity contribution in [2.45, 2.75) is 13.8 Å². The van der Waals surface area contributed by atoms with Gasteiger partial charge in [-0.3, -0.25) is 0 Å². The summed E-state index contributed by atoms with van der Waals surface area (Å²) >= 11 is 0. The first-order valence-electron chi connectivity index (χ1n) is 7.03. The minimum Gasteiger partial charge on any atom is -0.407 e. The van der Waals surface area contributed by atoms with Gasteiger partial charge in [0.25, 0.3) is 0 Å². The van der Waals surface area contributed by atoms with Crippen LogP contribution in [0.1, 0.15) is 13.8 Å². The Balaban J connectivity index is 1.82. The Bertz CT molecular complexity index is 571. The lowest BCUT2D eigenvalue weighted by Gasteiger charge is -2.33. The van der Waals surface area contributed by atoms with Crippen molar-refractivity contribution >= 4 is 12.6 Å². The summed E-state index contributed by atoms with van der Waals surface area (Å²) in [4.78, 5) is 0. The maximum Gasteiger partial charge on any atom is 0.493 e. The number of hydrogen-bond acceptors (Lipinski definition) is 2. The molecule has 1 aliphatic heterocycles. The van der Waals surface area contributed by atoms with Crippen LogP contribution in [0.25, 0.3) is 11.1 Å². The van der Waals surface area contributed by atoms with Gasteiger partial charge < -0.3 is 9.31 Å². The van der Waals surface area contributed by atoms with Gasteiger partial charge >= 0.3 is 7.12 Å². The third-order valence-electron chi connectivity index (χ3n) is 3.52. The van der Waals surface area contributed by atoms with Crippen molar-refractivity contribution in [3.8, 4) is 11.1 Å². The molecular formula is C17H19BO2. The largest absolute Gasteiger partial charge is 0.493 e. The molecule has 0 unspecified atom stereocenters. The zero-order chi connectivity index (χ0) is 14.0. The van der Waals surface area contributed by atoms with Crippen LogP contribution < -0.4 is 5.46 Å². The maximum absolute atomic E-state index is 5.85. The first-order valence-corrected chi connectivity index (χ1v) is 7.03. The zero-order valence-electron chi connectivity index (χ0n) is 12.0. The molecule has 0 spiro atoms. The van der Waals surface area contributed by atoms with Gasteiger partial charge in [-0.25, -0.2) is 0 Å². The molecule has 1 aliphatic rings. The van der Waals surface area contributed by atoms with E-state index in [1.54, 1.807) is 0 Å². The van der Waals surface area contributed by atoms with Gasteiger partial charge in [0.1, 0.15) is 0 Å². The Morgan fingerprint density at radius 2 is 1.50 bits per heavy atom. The van der Waals surface area contributed by atoms with E-state index in [0.29, 0.717) is 0 Å². The highest BCUT2D eigenvalue weighted by Gasteiger charge is 2.33. The summed E-state index contributed by atoms with van der Waals surface area (Å²) in [5.74, 6) is 0. The molecule has 1 heterocycles. The van der Waals surface area contributed by atoms with Crippen molar-refractivity contribution in [2.75, 3.05) is 13.2 Å². The smallest absolute Gasteiger partial charge is 0.407 e. The fraction of sp³-hybridized carbons (Fsp3) is 0.294. The lowest BCUT2D eigenvalue weighted by atomic mass is 9.75. The van der Waals surface area contributed by atoms with Gasteiger partial charge in [-0.2, -0.15) is 0 Å². The number of benzene rings is 2. The van der Waals surface area contributed by atoms with Crippen LogP contribution in [0, 0.1) is 5.41 Å². The van der Waals surface area contributed by atoms with Gasteiger partial charge in [0, 0.05) is 18.6 Å². The van der Waals surface area contributed by atoms with Crippen molar-refractivity contribution in [2.24, 2.45) is 5.41 Å². The molecule has 1 fully saturated rings. The molecule has 1 saturated heterocycles. The Morgan fingerprint density at radius 3 is 2.20 bits per heavy atom. The summed E-state index contributed by atoms with van der Waals surface area (Å²) in [5, 5.41) is 0. The average molecular weight is 266 g/mol. The molecule has 3 rings (SSSR count). The predicted octanol–water partition coefficient (Wildman–Crippen LogP) is 3.12. The maximum atomic E-state index is 5.85. The van der Waals surface area contributed by atoms with E-state index in [1.807, 2.05) is 6.07 Å². The van der Waals surface area contributed by atoms with Gasteiger partial charge in [-0.15, -0.1) is 0 Å². The van der Waals surface area contributed by atoms with E-state index >= 15 is 0 Å². The van der Waals surface area contributed by atoms with E-state index in [1.165, 1.54) is 11.1 Å². The lowest BCUT2D eigenvalue weighted by Crippen LogP contribution is -2.47. The Hall–Kier alpha value is -1.58. The summed E-state index contributed by atoms with van der Waals surface area (Å²) in [6.07, 6.45) is 0. The van der Waals surface area contributed by atoms with Crippen molar-refractivity contribution in [1.82, 2.24) is 0 Å². The summed E-state index contributed by atoms with van der Waals surface area (Å²) in [6.45, 7) is 5.77. The van der Waals surface area contributed by atoms with Crippen LogP contribution in [0.5, 0.6) is 0 Å². The van der Waals surface area contributed by atoms with Gasteiger partial charge in [0.05, 0.1) is 0 Å². The van der Waals surface area contributed by atoms with E-state index in [0.717, 1.165) is 18.7 Å². The van der Waals surface area contributed by atoms with Crippen LogP contribution in [-0.2, 0) is 9.31 Å². The number of rotatable bonds is 2. The summed E-state index contributed by atoms with van der Waals surface area (Å²) in [5.41, 5.74) is 3.60. The molecular weight excluding hydrogens is 247 g/mol. The summed E-state index contributed by atoms with van der Waals surface area (Å²) in [6, 6.07) is 18.8. The Labute approximate surface area is 120 Å². The van der Waals surface area contributed by atoms with Crippen LogP contribution in [0.2, 0.25) is 0 Å². The van der Waals surface area contributed by atoms with Crippen molar-refractivity contribution in [3.63, 3.8) is 0 Å². The van der Waals surface area contributed by atoms with E-state index < -0.39 is 0 Å². The molecule has 0 N–H and O–H groups in total. The van der Waals surface area contributed by atoms with Crippen LogP contribution >= 0.6 is 0 Å². The van der Waals surface area contributed by atoms with Crippen LogP contribution in [0.4, 0.5) is 0 Å². The third kappa shape index (κ3) is 2.95. The molecule has 102 valence electrons. The van der Waals surface area contributed by atoms with Crippen molar-refractivity contribution in [1.29, 1.82) is 0 Å². The highest BCUT2D eigenvalue weighted by atomic mass is 16.6. The molecule has 2 aromatic carbocycles. The molecule has 0 atom stereocenters. The van der Waals surface area contributed by atoms with E-state index in [-0.39, 0.29) is 12.5 Å². The van der Waals surface area contributed by atoms with Gasteiger partial charge in [0.15, 0.2) is 0 Å². The average Bonchev–Trinajstić information content (AvgIpc) is 2.48. The van der Waals surface area contributed by atoms with Crippen molar-refractivity contribution in [3.05, 3.63) is 54.6 Å². The second-order valence-corrected chi connectivity index (χ2v) is 6.11. The monoisotopic (exact) mass is 266 g/mol. The first-order chi connectivity index (χ1) is 9.64. The molecule has 0 bridgehead atoms. The SMILES string of the molecule is CC1(C)COB(c2cccc(-c3ccccc3)c2)OC1. The molecule has 0 aliphatic carbocycles. The third-order valence-corrected chi connectivity index (χ3v) is 3.52. The zero-order valence-corrected chi connectivity index (χ0v) is 12.0. The standard InChI is InChI=1S/C17H19BO2/c1-17(2)12-19-18(20-13-17)16-10-6-9-15(11-16)14-7-4-3-5-8-14/h3-11H,12-13H2,1-2H3. The van der Waals surface area contributed by atoms with E-state index in [9.17, 15) is 0 Å². The normalized spacial score (nSPS) is 18.0. The van der Waals surface area contributed by atoms with Gasteiger partial charge in [-0.1, -0.05) is 68.4 Å². The highest BCUT2D eigenvalue weighted by molar-refractivity contribution is 6.61. The van der Waals surface area contributed by atoms with Gasteiger partial charge in [0.2, 0.25) is 0 Å². The molecule has 3 heteroatoms. The first kappa shape index (κ1) is 13.4. The summed E-state index contributed by atoms with van der Waals surface area (Å²) < 4.78 is 11.7. The molecule has 0 saturated carbocycles. The van der Waals surface area contributed by atoms with E-state index in [2.05, 4.69) is 62.4 Å². The lowest BCUT2D eigenvalue weighted by molar-refractivity contribution is 0.0343. The second kappa shape index (κ2) is 5.43. The predicted molar refractivity (Wildman–Crippen MR) is 83.0 cm³/mol. The van der Waals surface area contributed by atoms with Crippen molar-refractivity contribution < 1.29 is 9.31 Å². The minimum atomic E-state index is -0.244. The fourth-order valence-electron chi connectivity index (χ4n) is 2.38. The van der Waals surface area contributed by atoms with Crippen LogP contribution in [0.15, 0.2) is 54.6 Å². The topological polar surface area (TPSA) is 18.5 Å². The van der Waals surface area contributed by atoms with Crippen LogP contribution in [0.3, 0.4) is 0 Å². The van der Waals surface area contributed by atoms with E-state index in [4.69, 9.17) is 9.31 Å². The molecule has 0 radical (unpaired) electrons.